The van der Waals surface area contributed by atoms with Gasteiger partial charge in [-0.1, -0.05) is 6.07 Å². The summed E-state index contributed by atoms with van der Waals surface area (Å²) in [4.78, 5) is 11.2. The van der Waals surface area contributed by atoms with Gasteiger partial charge in [0.25, 0.3) is 0 Å². The van der Waals surface area contributed by atoms with Crippen molar-refractivity contribution in [3.05, 3.63) is 29.6 Å². The van der Waals surface area contributed by atoms with E-state index in [-0.39, 0.29) is 12.2 Å². The van der Waals surface area contributed by atoms with Crippen molar-refractivity contribution in [3.63, 3.8) is 0 Å². The van der Waals surface area contributed by atoms with Crippen LogP contribution in [0.5, 0.6) is 5.75 Å². The highest BCUT2D eigenvalue weighted by atomic mass is 19.1. The lowest BCUT2D eigenvalue weighted by Crippen LogP contribution is -2.34. The van der Waals surface area contributed by atoms with Crippen molar-refractivity contribution in [3.8, 4) is 5.75 Å². The Labute approximate surface area is 111 Å². The molecule has 0 aromatic heterocycles. The minimum Gasteiger partial charge on any atom is -0.494 e. The Morgan fingerprint density at radius 2 is 2.16 bits per heavy atom. The minimum atomic E-state index is -1.02. The van der Waals surface area contributed by atoms with Crippen LogP contribution >= 0.6 is 0 Å². The Morgan fingerprint density at radius 3 is 2.63 bits per heavy atom. The Balaban J connectivity index is 2.87. The molecular formula is C13H18FNO4. The molecule has 19 heavy (non-hydrogen) atoms. The SMILES string of the molecule is CNC(CC(=O)OC)C(O)c1ccc(OC)c(F)c1. The number of hydrogen-bond acceptors (Lipinski definition) is 5. The summed E-state index contributed by atoms with van der Waals surface area (Å²) in [6.07, 6.45) is -1.04. The zero-order chi connectivity index (χ0) is 14.4. The lowest BCUT2D eigenvalue weighted by Gasteiger charge is -2.22. The van der Waals surface area contributed by atoms with Crippen LogP contribution in [0.25, 0.3) is 0 Å². The Hall–Kier alpha value is -1.66. The Kier molecular flexibility index (Phi) is 5.72. The number of ether oxygens (including phenoxy) is 2. The summed E-state index contributed by atoms with van der Waals surface area (Å²) in [7, 11) is 4.24. The van der Waals surface area contributed by atoms with Crippen LogP contribution in [0, 0.1) is 5.82 Å². The van der Waals surface area contributed by atoms with Crippen molar-refractivity contribution in [2.75, 3.05) is 21.3 Å². The van der Waals surface area contributed by atoms with E-state index < -0.39 is 23.9 Å². The molecule has 1 rings (SSSR count). The molecule has 0 aliphatic carbocycles. The van der Waals surface area contributed by atoms with Crippen LogP contribution in [0.2, 0.25) is 0 Å². The zero-order valence-electron chi connectivity index (χ0n) is 11.1. The number of aliphatic hydroxyl groups is 1. The molecule has 0 heterocycles. The Bertz CT molecular complexity index is 439. The number of halogens is 1. The number of likely N-dealkylation sites (N-methyl/N-ethyl adjacent to an activating group) is 1. The van der Waals surface area contributed by atoms with E-state index in [1.807, 2.05) is 0 Å². The van der Waals surface area contributed by atoms with Crippen LogP contribution in [0.3, 0.4) is 0 Å². The van der Waals surface area contributed by atoms with E-state index in [2.05, 4.69) is 10.1 Å². The van der Waals surface area contributed by atoms with Gasteiger partial charge in [0.05, 0.1) is 26.7 Å². The standard InChI is InChI=1S/C13H18FNO4/c1-15-10(7-12(16)19-3)13(17)8-4-5-11(18-2)9(14)6-8/h4-6,10,13,15,17H,7H2,1-3H3. The number of carbonyl (C=O) groups is 1. The van der Waals surface area contributed by atoms with E-state index in [4.69, 9.17) is 4.74 Å². The fraction of sp³-hybridized carbons (Fsp3) is 0.462. The molecule has 0 aliphatic heterocycles. The number of benzene rings is 1. The molecular weight excluding hydrogens is 253 g/mol. The molecule has 0 radical (unpaired) electrons. The smallest absolute Gasteiger partial charge is 0.307 e. The quantitative estimate of drug-likeness (QED) is 0.756. The predicted molar refractivity (Wildman–Crippen MR) is 67.4 cm³/mol. The molecule has 6 heteroatoms. The van der Waals surface area contributed by atoms with Gasteiger partial charge >= 0.3 is 5.97 Å². The van der Waals surface area contributed by atoms with Gasteiger partial charge in [0.15, 0.2) is 11.6 Å². The highest BCUT2D eigenvalue weighted by Gasteiger charge is 2.23. The van der Waals surface area contributed by atoms with E-state index >= 15 is 0 Å². The van der Waals surface area contributed by atoms with Crippen LogP contribution in [0.4, 0.5) is 4.39 Å². The first kappa shape index (κ1) is 15.4. The fourth-order valence-corrected chi connectivity index (χ4v) is 1.73. The molecule has 0 fully saturated rings. The molecule has 0 spiro atoms. The van der Waals surface area contributed by atoms with Gasteiger partial charge in [-0.3, -0.25) is 4.79 Å². The molecule has 0 aliphatic rings. The minimum absolute atomic E-state index is 0.0121. The average Bonchev–Trinajstić information content (AvgIpc) is 2.43. The maximum atomic E-state index is 13.6. The van der Waals surface area contributed by atoms with Crippen molar-refractivity contribution < 1.29 is 23.8 Å². The number of nitrogens with one attached hydrogen (secondary N) is 1. The summed E-state index contributed by atoms with van der Waals surface area (Å²) in [6.45, 7) is 0. The molecule has 1 aromatic carbocycles. The first-order valence-corrected chi connectivity index (χ1v) is 5.79. The van der Waals surface area contributed by atoms with Crippen LogP contribution < -0.4 is 10.1 Å². The van der Waals surface area contributed by atoms with Gasteiger partial charge in [-0.25, -0.2) is 4.39 Å². The molecule has 0 bridgehead atoms. The van der Waals surface area contributed by atoms with Gasteiger partial charge in [-0.15, -0.1) is 0 Å². The Morgan fingerprint density at radius 1 is 1.47 bits per heavy atom. The maximum absolute atomic E-state index is 13.6. The lowest BCUT2D eigenvalue weighted by molar-refractivity contribution is -0.142. The maximum Gasteiger partial charge on any atom is 0.307 e. The van der Waals surface area contributed by atoms with Gasteiger partial charge in [0.1, 0.15) is 0 Å². The van der Waals surface area contributed by atoms with Crippen LogP contribution in [0.15, 0.2) is 18.2 Å². The number of carbonyl (C=O) groups excluding carboxylic acids is 1. The highest BCUT2D eigenvalue weighted by Crippen LogP contribution is 2.24. The monoisotopic (exact) mass is 271 g/mol. The van der Waals surface area contributed by atoms with Crippen molar-refractivity contribution >= 4 is 5.97 Å². The van der Waals surface area contributed by atoms with E-state index in [1.165, 1.54) is 26.4 Å². The molecule has 5 nitrogen and oxygen atoms in total. The normalized spacial score (nSPS) is 13.7. The summed E-state index contributed by atoms with van der Waals surface area (Å²) in [6, 6.07) is 3.61. The van der Waals surface area contributed by atoms with Gasteiger partial charge in [0, 0.05) is 6.04 Å². The van der Waals surface area contributed by atoms with Crippen LogP contribution in [-0.2, 0) is 9.53 Å². The van der Waals surface area contributed by atoms with Crippen molar-refractivity contribution in [1.82, 2.24) is 5.32 Å². The van der Waals surface area contributed by atoms with Crippen molar-refractivity contribution in [2.24, 2.45) is 0 Å². The second-order valence-electron chi connectivity index (χ2n) is 4.01. The molecule has 0 saturated carbocycles. The second kappa shape index (κ2) is 7.06. The number of aliphatic hydroxyl groups excluding tert-OH is 1. The van der Waals surface area contributed by atoms with Crippen LogP contribution in [0.1, 0.15) is 18.1 Å². The first-order valence-electron chi connectivity index (χ1n) is 5.79. The zero-order valence-corrected chi connectivity index (χ0v) is 11.1. The summed E-state index contributed by atoms with van der Waals surface area (Å²) in [5.41, 5.74) is 0.363. The van der Waals surface area contributed by atoms with Crippen LogP contribution in [-0.4, -0.2) is 38.4 Å². The number of rotatable bonds is 6. The third-order valence-electron chi connectivity index (χ3n) is 2.88. The molecule has 2 atom stereocenters. The van der Waals surface area contributed by atoms with E-state index in [0.29, 0.717) is 5.56 Å². The average molecular weight is 271 g/mol. The van der Waals surface area contributed by atoms with Gasteiger partial charge in [-0.05, 0) is 24.7 Å². The lowest BCUT2D eigenvalue weighted by atomic mass is 9.99. The fourth-order valence-electron chi connectivity index (χ4n) is 1.73. The predicted octanol–water partition coefficient (Wildman–Crippen LogP) is 1.02. The van der Waals surface area contributed by atoms with Gasteiger partial charge < -0.3 is 19.9 Å². The summed E-state index contributed by atoms with van der Waals surface area (Å²) < 4.78 is 22.9. The molecule has 106 valence electrons. The highest BCUT2D eigenvalue weighted by molar-refractivity contribution is 5.70. The second-order valence-corrected chi connectivity index (χ2v) is 4.01. The number of esters is 1. The molecule has 2 N–H and O–H groups in total. The van der Waals surface area contributed by atoms with E-state index in [9.17, 15) is 14.3 Å². The molecule has 0 saturated heterocycles. The van der Waals surface area contributed by atoms with Gasteiger partial charge in [0.2, 0.25) is 0 Å². The summed E-state index contributed by atoms with van der Waals surface area (Å²) in [5.74, 6) is -0.913. The number of hydrogen-bond donors (Lipinski definition) is 2. The van der Waals surface area contributed by atoms with E-state index in [0.717, 1.165) is 0 Å². The third-order valence-corrected chi connectivity index (χ3v) is 2.88. The third kappa shape index (κ3) is 3.90. The number of methoxy groups -OCH3 is 2. The summed E-state index contributed by atoms with van der Waals surface area (Å²) >= 11 is 0. The molecule has 0 amide bonds. The molecule has 1 aromatic rings. The van der Waals surface area contributed by atoms with Crippen molar-refractivity contribution in [1.29, 1.82) is 0 Å². The first-order chi connectivity index (χ1) is 9.03. The molecule has 2 unspecified atom stereocenters. The summed E-state index contributed by atoms with van der Waals surface area (Å²) in [5, 5.41) is 12.9. The largest absolute Gasteiger partial charge is 0.494 e. The van der Waals surface area contributed by atoms with Gasteiger partial charge in [-0.2, -0.15) is 0 Å². The topological polar surface area (TPSA) is 67.8 Å². The van der Waals surface area contributed by atoms with E-state index in [1.54, 1.807) is 13.1 Å². The van der Waals surface area contributed by atoms with Crippen molar-refractivity contribution in [2.45, 2.75) is 18.6 Å².